The van der Waals surface area contributed by atoms with Crippen molar-refractivity contribution in [3.63, 3.8) is 0 Å². The maximum atomic E-state index is 9.45. The smallest absolute Gasteiger partial charge is 0.0978 e. The second-order valence-corrected chi connectivity index (χ2v) is 7.71. The van der Waals surface area contributed by atoms with Crippen LogP contribution in [-0.4, -0.2) is 22.9 Å². The molecule has 0 aromatic heterocycles. The highest BCUT2D eigenvalue weighted by molar-refractivity contribution is 5.01. The summed E-state index contributed by atoms with van der Waals surface area (Å²) in [5.74, 6) is 2.46. The predicted octanol–water partition coefficient (Wildman–Crippen LogP) is 5.33. The summed E-state index contributed by atoms with van der Waals surface area (Å²) in [4.78, 5) is 0. The van der Waals surface area contributed by atoms with E-state index < -0.39 is 6.10 Å². The average molecular weight is 313 g/mol. The van der Waals surface area contributed by atoms with Gasteiger partial charge in [-0.1, -0.05) is 79.2 Å². The average Bonchev–Trinajstić information content (AvgIpc) is 2.45. The molecule has 22 heavy (non-hydrogen) atoms. The molecule has 0 heterocycles. The largest absolute Gasteiger partial charge is 0.393 e. The first kappa shape index (κ1) is 21.7. The zero-order chi connectivity index (χ0) is 17.0. The lowest BCUT2D eigenvalue weighted by Gasteiger charge is -2.16. The third-order valence-corrected chi connectivity index (χ3v) is 4.71. The van der Waals surface area contributed by atoms with Gasteiger partial charge in [0, 0.05) is 0 Å². The molecule has 2 nitrogen and oxygen atoms in total. The van der Waals surface area contributed by atoms with Crippen LogP contribution in [-0.2, 0) is 0 Å². The molecule has 0 spiro atoms. The van der Waals surface area contributed by atoms with Crippen LogP contribution in [0.1, 0.15) is 85.5 Å². The van der Waals surface area contributed by atoms with Crippen LogP contribution in [0.5, 0.6) is 0 Å². The van der Waals surface area contributed by atoms with Gasteiger partial charge in [0.15, 0.2) is 0 Å². The van der Waals surface area contributed by atoms with E-state index in [1.54, 1.807) is 0 Å². The normalized spacial score (nSPS) is 15.8. The highest BCUT2D eigenvalue weighted by Gasteiger charge is 2.09. The third kappa shape index (κ3) is 12.2. The van der Waals surface area contributed by atoms with E-state index in [0.29, 0.717) is 0 Å². The number of hydrogen-bond acceptors (Lipinski definition) is 2. The minimum absolute atomic E-state index is 0.205. The number of hydrogen-bond donors (Lipinski definition) is 2. The molecule has 0 radical (unpaired) electrons. The van der Waals surface area contributed by atoms with Gasteiger partial charge in [-0.15, -0.1) is 0 Å². The Hall–Kier alpha value is -0.340. The van der Waals surface area contributed by atoms with Crippen LogP contribution in [0.25, 0.3) is 0 Å². The SMILES string of the molecule is C=C(CCCC(C)CCCC(C)CCCC(C)C)C(O)CO. The Morgan fingerprint density at radius 3 is 1.73 bits per heavy atom. The number of rotatable bonds is 14. The summed E-state index contributed by atoms with van der Waals surface area (Å²) in [6, 6.07) is 0. The summed E-state index contributed by atoms with van der Waals surface area (Å²) in [5, 5.41) is 18.3. The van der Waals surface area contributed by atoms with Crippen LogP contribution in [0, 0.1) is 17.8 Å². The van der Waals surface area contributed by atoms with E-state index in [-0.39, 0.29) is 6.61 Å². The van der Waals surface area contributed by atoms with E-state index in [2.05, 4.69) is 34.3 Å². The molecule has 0 bridgehead atoms. The Labute approximate surface area is 139 Å². The van der Waals surface area contributed by atoms with Crippen molar-refractivity contribution in [3.8, 4) is 0 Å². The van der Waals surface area contributed by atoms with E-state index in [0.717, 1.165) is 36.2 Å². The third-order valence-electron chi connectivity index (χ3n) is 4.71. The first-order valence-electron chi connectivity index (χ1n) is 9.33. The van der Waals surface area contributed by atoms with E-state index in [1.807, 2.05) is 0 Å². The van der Waals surface area contributed by atoms with Crippen molar-refractivity contribution >= 4 is 0 Å². The summed E-state index contributed by atoms with van der Waals surface area (Å²) in [7, 11) is 0. The topological polar surface area (TPSA) is 40.5 Å². The molecule has 0 aromatic rings. The van der Waals surface area contributed by atoms with Gasteiger partial charge in [-0.2, -0.15) is 0 Å². The Bertz CT molecular complexity index is 273. The van der Waals surface area contributed by atoms with Gasteiger partial charge in [0.25, 0.3) is 0 Å². The summed E-state index contributed by atoms with van der Waals surface area (Å²) >= 11 is 0. The molecule has 0 saturated carbocycles. The quantitative estimate of drug-likeness (QED) is 0.425. The molecule has 0 aromatic carbocycles. The molecule has 0 rings (SSSR count). The van der Waals surface area contributed by atoms with Crippen LogP contribution in [0.3, 0.4) is 0 Å². The fourth-order valence-corrected chi connectivity index (χ4v) is 2.95. The van der Waals surface area contributed by atoms with Crippen molar-refractivity contribution in [1.29, 1.82) is 0 Å². The monoisotopic (exact) mass is 312 g/mol. The molecule has 3 atom stereocenters. The minimum atomic E-state index is -0.734. The van der Waals surface area contributed by atoms with Crippen molar-refractivity contribution in [2.24, 2.45) is 17.8 Å². The van der Waals surface area contributed by atoms with Gasteiger partial charge in [-0.05, 0) is 36.2 Å². The van der Waals surface area contributed by atoms with E-state index in [4.69, 9.17) is 5.11 Å². The second-order valence-electron chi connectivity index (χ2n) is 7.71. The van der Waals surface area contributed by atoms with Gasteiger partial charge in [0.05, 0.1) is 12.7 Å². The Balaban J connectivity index is 3.56. The second kappa shape index (κ2) is 13.1. The van der Waals surface area contributed by atoms with Crippen LogP contribution < -0.4 is 0 Å². The standard InChI is InChI=1S/C20H40O2/c1-16(2)9-6-10-17(3)11-7-12-18(4)13-8-14-19(5)20(22)15-21/h16-18,20-22H,5-15H2,1-4H3. The zero-order valence-corrected chi connectivity index (χ0v) is 15.5. The highest BCUT2D eigenvalue weighted by Crippen LogP contribution is 2.22. The van der Waals surface area contributed by atoms with Gasteiger partial charge >= 0.3 is 0 Å². The lowest BCUT2D eigenvalue weighted by Crippen LogP contribution is -2.14. The van der Waals surface area contributed by atoms with Crippen molar-refractivity contribution in [3.05, 3.63) is 12.2 Å². The molecule has 132 valence electrons. The molecule has 0 aliphatic carbocycles. The molecule has 0 fully saturated rings. The van der Waals surface area contributed by atoms with E-state index in [1.165, 1.54) is 44.9 Å². The molecular formula is C20H40O2. The number of aliphatic hydroxyl groups is 2. The van der Waals surface area contributed by atoms with Gasteiger partial charge in [-0.3, -0.25) is 0 Å². The number of aliphatic hydroxyl groups excluding tert-OH is 2. The maximum Gasteiger partial charge on any atom is 0.0978 e. The van der Waals surface area contributed by atoms with Gasteiger partial charge in [-0.25, -0.2) is 0 Å². The van der Waals surface area contributed by atoms with Crippen molar-refractivity contribution in [2.45, 2.75) is 91.6 Å². The van der Waals surface area contributed by atoms with Gasteiger partial charge < -0.3 is 10.2 Å². The fraction of sp³-hybridized carbons (Fsp3) is 0.900. The van der Waals surface area contributed by atoms with Crippen LogP contribution in [0.15, 0.2) is 12.2 Å². The first-order valence-corrected chi connectivity index (χ1v) is 9.33. The molecule has 2 N–H and O–H groups in total. The Morgan fingerprint density at radius 2 is 1.27 bits per heavy atom. The van der Waals surface area contributed by atoms with Crippen LogP contribution in [0.2, 0.25) is 0 Å². The van der Waals surface area contributed by atoms with Crippen molar-refractivity contribution in [2.75, 3.05) is 6.61 Å². The van der Waals surface area contributed by atoms with Crippen molar-refractivity contribution in [1.82, 2.24) is 0 Å². The maximum absolute atomic E-state index is 9.45. The lowest BCUT2D eigenvalue weighted by atomic mass is 9.91. The van der Waals surface area contributed by atoms with Crippen LogP contribution >= 0.6 is 0 Å². The summed E-state index contributed by atoms with van der Waals surface area (Å²) < 4.78 is 0. The van der Waals surface area contributed by atoms with E-state index in [9.17, 15) is 5.11 Å². The van der Waals surface area contributed by atoms with Crippen LogP contribution in [0.4, 0.5) is 0 Å². The lowest BCUT2D eigenvalue weighted by molar-refractivity contribution is 0.119. The molecule has 2 heteroatoms. The molecule has 0 aliphatic heterocycles. The summed E-state index contributed by atoms with van der Waals surface area (Å²) in [5.41, 5.74) is 0.772. The highest BCUT2D eigenvalue weighted by atomic mass is 16.3. The van der Waals surface area contributed by atoms with E-state index >= 15 is 0 Å². The summed E-state index contributed by atoms with van der Waals surface area (Å²) in [6.45, 7) is 13.0. The van der Waals surface area contributed by atoms with Gasteiger partial charge in [0.1, 0.15) is 0 Å². The molecule has 3 unspecified atom stereocenters. The molecule has 0 aliphatic rings. The van der Waals surface area contributed by atoms with Crippen molar-refractivity contribution < 1.29 is 10.2 Å². The molecule has 0 saturated heterocycles. The fourth-order valence-electron chi connectivity index (χ4n) is 2.95. The Kier molecular flexibility index (Phi) is 12.9. The molecule has 0 amide bonds. The zero-order valence-electron chi connectivity index (χ0n) is 15.5. The molecular weight excluding hydrogens is 272 g/mol. The first-order chi connectivity index (χ1) is 10.4. The van der Waals surface area contributed by atoms with Gasteiger partial charge in [0.2, 0.25) is 0 Å². The Morgan fingerprint density at radius 1 is 0.818 bits per heavy atom. The minimum Gasteiger partial charge on any atom is -0.393 e. The predicted molar refractivity (Wildman–Crippen MR) is 97.0 cm³/mol. The summed E-state index contributed by atoms with van der Waals surface area (Å²) in [6.07, 6.45) is 10.5.